The smallest absolute Gasteiger partial charge is 0.255 e. The maximum atomic E-state index is 12.1. The van der Waals surface area contributed by atoms with Crippen molar-refractivity contribution in [2.75, 3.05) is 25.1 Å². The van der Waals surface area contributed by atoms with Crippen LogP contribution >= 0.6 is 0 Å². The van der Waals surface area contributed by atoms with Crippen molar-refractivity contribution in [1.29, 1.82) is 0 Å². The van der Waals surface area contributed by atoms with Crippen LogP contribution in [-0.4, -0.2) is 34.3 Å². The summed E-state index contributed by atoms with van der Waals surface area (Å²) in [5, 5.41) is 3.20. The highest BCUT2D eigenvalue weighted by molar-refractivity contribution is 5.59. The fourth-order valence-corrected chi connectivity index (χ4v) is 1.99. The molecule has 0 amide bonds. The number of anilines is 1. The summed E-state index contributed by atoms with van der Waals surface area (Å²) in [7, 11) is 1.71. The largest absolute Gasteiger partial charge is 0.381 e. The molecule has 2 rings (SSSR count). The Balaban J connectivity index is 2.04. The van der Waals surface area contributed by atoms with Gasteiger partial charge in [-0.05, 0) is 25.0 Å². The Kier molecular flexibility index (Phi) is 6.09. The van der Waals surface area contributed by atoms with Crippen molar-refractivity contribution >= 4 is 5.95 Å². The van der Waals surface area contributed by atoms with Gasteiger partial charge in [-0.25, -0.2) is 4.98 Å². The Morgan fingerprint density at radius 2 is 2.05 bits per heavy atom. The molecule has 6 nitrogen and oxygen atoms in total. The van der Waals surface area contributed by atoms with E-state index in [1.165, 1.54) is 10.6 Å². The number of ether oxygens (including phenoxy) is 1. The van der Waals surface area contributed by atoms with Crippen LogP contribution in [0.15, 0.2) is 35.4 Å². The minimum absolute atomic E-state index is 0.0912. The van der Waals surface area contributed by atoms with Gasteiger partial charge < -0.3 is 10.1 Å². The zero-order valence-corrected chi connectivity index (χ0v) is 13.1. The predicted octanol–water partition coefficient (Wildman–Crippen LogP) is 2.07. The SMILES string of the molecule is CCCOCCCNc1nc(-c2ccncc2)cc(=O)n1C. The average molecular weight is 302 g/mol. The molecule has 0 unspecified atom stereocenters. The Hall–Kier alpha value is -2.21. The quantitative estimate of drug-likeness (QED) is 0.756. The monoisotopic (exact) mass is 302 g/mol. The summed E-state index contributed by atoms with van der Waals surface area (Å²) < 4.78 is 6.94. The van der Waals surface area contributed by atoms with Gasteiger partial charge in [-0.3, -0.25) is 14.3 Å². The number of hydrogen-bond donors (Lipinski definition) is 1. The highest BCUT2D eigenvalue weighted by Crippen LogP contribution is 2.15. The first-order valence-corrected chi connectivity index (χ1v) is 7.52. The molecular formula is C16H22N4O2. The molecule has 0 saturated carbocycles. The summed E-state index contributed by atoms with van der Waals surface area (Å²) >= 11 is 0. The number of pyridine rings is 1. The van der Waals surface area contributed by atoms with Crippen LogP contribution in [0.3, 0.4) is 0 Å². The second-order valence-electron chi connectivity index (χ2n) is 4.99. The lowest BCUT2D eigenvalue weighted by Gasteiger charge is -2.11. The van der Waals surface area contributed by atoms with Crippen LogP contribution in [0.2, 0.25) is 0 Å². The minimum atomic E-state index is -0.0912. The number of nitrogens with one attached hydrogen (secondary N) is 1. The Labute approximate surface area is 130 Å². The molecular weight excluding hydrogens is 280 g/mol. The third-order valence-corrected chi connectivity index (χ3v) is 3.21. The molecule has 0 aliphatic carbocycles. The molecule has 22 heavy (non-hydrogen) atoms. The van der Waals surface area contributed by atoms with Gasteiger partial charge in [0.25, 0.3) is 5.56 Å². The molecule has 0 spiro atoms. The fourth-order valence-electron chi connectivity index (χ4n) is 1.99. The molecule has 0 aliphatic rings. The topological polar surface area (TPSA) is 69.0 Å². The van der Waals surface area contributed by atoms with Gasteiger partial charge in [-0.1, -0.05) is 6.92 Å². The molecule has 118 valence electrons. The number of rotatable bonds is 8. The lowest BCUT2D eigenvalue weighted by Crippen LogP contribution is -2.22. The highest BCUT2D eigenvalue weighted by atomic mass is 16.5. The van der Waals surface area contributed by atoms with Crippen molar-refractivity contribution in [3.05, 3.63) is 40.9 Å². The standard InChI is InChI=1S/C16H22N4O2/c1-3-10-22-11-4-7-18-16-19-14(12-15(21)20(16)2)13-5-8-17-9-6-13/h5-6,8-9,12H,3-4,7,10-11H2,1-2H3,(H,18,19). The first-order chi connectivity index (χ1) is 10.7. The zero-order valence-electron chi connectivity index (χ0n) is 13.1. The molecule has 6 heteroatoms. The third-order valence-electron chi connectivity index (χ3n) is 3.21. The maximum Gasteiger partial charge on any atom is 0.255 e. The first-order valence-electron chi connectivity index (χ1n) is 7.52. The molecule has 2 aromatic rings. The van der Waals surface area contributed by atoms with Crippen molar-refractivity contribution in [3.63, 3.8) is 0 Å². The van der Waals surface area contributed by atoms with Gasteiger partial charge in [-0.15, -0.1) is 0 Å². The zero-order chi connectivity index (χ0) is 15.8. The van der Waals surface area contributed by atoms with Crippen LogP contribution in [-0.2, 0) is 11.8 Å². The number of aromatic nitrogens is 3. The van der Waals surface area contributed by atoms with Gasteiger partial charge in [0.2, 0.25) is 5.95 Å². The second-order valence-corrected chi connectivity index (χ2v) is 4.99. The van der Waals surface area contributed by atoms with Crippen molar-refractivity contribution < 1.29 is 4.74 Å². The normalized spacial score (nSPS) is 10.6. The molecule has 0 aromatic carbocycles. The molecule has 2 aromatic heterocycles. The van der Waals surface area contributed by atoms with Crippen molar-refractivity contribution in [3.8, 4) is 11.3 Å². The number of nitrogens with zero attached hydrogens (tertiary/aromatic N) is 3. The van der Waals surface area contributed by atoms with Gasteiger partial charge in [0, 0.05) is 50.8 Å². The van der Waals surface area contributed by atoms with Gasteiger partial charge in [0.15, 0.2) is 0 Å². The van der Waals surface area contributed by atoms with Crippen molar-refractivity contribution in [2.24, 2.45) is 7.05 Å². The van der Waals surface area contributed by atoms with Crippen LogP contribution in [0.25, 0.3) is 11.3 Å². The van der Waals surface area contributed by atoms with Crippen LogP contribution in [0.4, 0.5) is 5.95 Å². The van der Waals surface area contributed by atoms with Crippen LogP contribution in [0.5, 0.6) is 0 Å². The van der Waals surface area contributed by atoms with E-state index in [1.54, 1.807) is 19.4 Å². The number of hydrogen-bond acceptors (Lipinski definition) is 5. The average Bonchev–Trinajstić information content (AvgIpc) is 2.55. The summed E-state index contributed by atoms with van der Waals surface area (Å²) in [5.74, 6) is 0.565. The Morgan fingerprint density at radius 1 is 1.27 bits per heavy atom. The molecule has 0 aliphatic heterocycles. The summed E-state index contributed by atoms with van der Waals surface area (Å²) in [5.41, 5.74) is 1.43. The molecule has 0 bridgehead atoms. The molecule has 0 saturated heterocycles. The van der Waals surface area contributed by atoms with E-state index in [4.69, 9.17) is 4.74 Å². The molecule has 1 N–H and O–H groups in total. The van der Waals surface area contributed by atoms with E-state index in [2.05, 4.69) is 22.2 Å². The predicted molar refractivity (Wildman–Crippen MR) is 86.9 cm³/mol. The summed E-state index contributed by atoms with van der Waals surface area (Å²) in [6.07, 6.45) is 5.27. The Bertz CT molecular complexity index is 640. The van der Waals surface area contributed by atoms with E-state index in [0.717, 1.165) is 25.0 Å². The summed E-state index contributed by atoms with van der Waals surface area (Å²) in [4.78, 5) is 20.5. The van der Waals surface area contributed by atoms with Crippen LogP contribution in [0, 0.1) is 0 Å². The second kappa shape index (κ2) is 8.29. The fraction of sp³-hybridized carbons (Fsp3) is 0.438. The van der Waals surface area contributed by atoms with E-state index >= 15 is 0 Å². The first kappa shape index (κ1) is 16.2. The third kappa shape index (κ3) is 4.39. The van der Waals surface area contributed by atoms with Gasteiger partial charge >= 0.3 is 0 Å². The van der Waals surface area contributed by atoms with E-state index in [0.29, 0.717) is 24.8 Å². The van der Waals surface area contributed by atoms with Gasteiger partial charge in [-0.2, -0.15) is 0 Å². The van der Waals surface area contributed by atoms with Gasteiger partial charge in [0.05, 0.1) is 5.69 Å². The molecule has 0 fully saturated rings. The lowest BCUT2D eigenvalue weighted by molar-refractivity contribution is 0.134. The van der Waals surface area contributed by atoms with E-state index in [9.17, 15) is 4.79 Å². The maximum absolute atomic E-state index is 12.1. The van der Waals surface area contributed by atoms with Crippen molar-refractivity contribution in [1.82, 2.24) is 14.5 Å². The van der Waals surface area contributed by atoms with Crippen LogP contribution < -0.4 is 10.9 Å². The van der Waals surface area contributed by atoms with E-state index in [-0.39, 0.29) is 5.56 Å². The highest BCUT2D eigenvalue weighted by Gasteiger charge is 2.07. The molecule has 0 radical (unpaired) electrons. The molecule has 2 heterocycles. The van der Waals surface area contributed by atoms with Crippen LogP contribution in [0.1, 0.15) is 19.8 Å². The van der Waals surface area contributed by atoms with E-state index in [1.807, 2.05) is 12.1 Å². The lowest BCUT2D eigenvalue weighted by atomic mass is 10.2. The van der Waals surface area contributed by atoms with Crippen molar-refractivity contribution in [2.45, 2.75) is 19.8 Å². The Morgan fingerprint density at radius 3 is 2.77 bits per heavy atom. The summed E-state index contributed by atoms with van der Waals surface area (Å²) in [6.45, 7) is 4.29. The van der Waals surface area contributed by atoms with E-state index < -0.39 is 0 Å². The summed E-state index contributed by atoms with van der Waals surface area (Å²) in [6, 6.07) is 5.21. The minimum Gasteiger partial charge on any atom is -0.381 e. The van der Waals surface area contributed by atoms with Gasteiger partial charge in [0.1, 0.15) is 0 Å². The molecule has 0 atom stereocenters.